The Hall–Kier alpha value is -2.91. The summed E-state index contributed by atoms with van der Waals surface area (Å²) in [5, 5.41) is 14.4. The highest BCUT2D eigenvalue weighted by Gasteiger charge is 2.46. The number of nitrogens with zero attached hydrogens (tertiary/aromatic N) is 4. The van der Waals surface area contributed by atoms with Crippen LogP contribution >= 0.6 is 12.4 Å². The van der Waals surface area contributed by atoms with E-state index >= 15 is 0 Å². The van der Waals surface area contributed by atoms with Gasteiger partial charge in [0.2, 0.25) is 11.7 Å². The lowest BCUT2D eigenvalue weighted by atomic mass is 9.96. The number of aromatic nitrogens is 4. The van der Waals surface area contributed by atoms with E-state index in [2.05, 4.69) is 20.7 Å². The molecule has 10 heteroatoms. The molecule has 1 fully saturated rings. The number of amides is 1. The summed E-state index contributed by atoms with van der Waals surface area (Å²) in [5.74, 6) is -1.21. The molecular weight excluding hydrogens is 414 g/mol. The minimum absolute atomic E-state index is 0. The average Bonchev–Trinajstić information content (AvgIpc) is 3.29. The molecule has 0 saturated heterocycles. The number of nitrogens with one attached hydrogen (secondary N) is 1. The molecule has 7 nitrogen and oxygen atoms in total. The van der Waals surface area contributed by atoms with Crippen LogP contribution in [0.2, 0.25) is 0 Å². The monoisotopic (exact) mass is 434 g/mol. The Morgan fingerprint density at radius 2 is 1.97 bits per heavy atom. The molecule has 158 valence electrons. The molecule has 0 unspecified atom stereocenters. The van der Waals surface area contributed by atoms with E-state index in [1.807, 2.05) is 0 Å². The van der Waals surface area contributed by atoms with E-state index in [4.69, 9.17) is 5.73 Å². The van der Waals surface area contributed by atoms with E-state index in [0.29, 0.717) is 29.5 Å². The fourth-order valence-corrected chi connectivity index (χ4v) is 3.20. The summed E-state index contributed by atoms with van der Waals surface area (Å²) >= 11 is 0. The second kappa shape index (κ2) is 8.08. The summed E-state index contributed by atoms with van der Waals surface area (Å²) in [6.45, 7) is 1.69. The van der Waals surface area contributed by atoms with Gasteiger partial charge >= 0.3 is 0 Å². The number of hydrogen-bond donors (Lipinski definition) is 2. The molecule has 3 aromatic rings. The Morgan fingerprint density at radius 3 is 2.57 bits per heavy atom. The van der Waals surface area contributed by atoms with Crippen molar-refractivity contribution in [1.82, 2.24) is 25.5 Å². The molecule has 0 aliphatic heterocycles. The molecule has 1 aliphatic rings. The van der Waals surface area contributed by atoms with Gasteiger partial charge in [-0.2, -0.15) is 4.80 Å². The molecule has 3 N–H and O–H groups in total. The van der Waals surface area contributed by atoms with Crippen LogP contribution < -0.4 is 11.1 Å². The van der Waals surface area contributed by atoms with E-state index in [-0.39, 0.29) is 29.7 Å². The minimum Gasteiger partial charge on any atom is -0.348 e. The molecule has 1 amide bonds. The molecule has 1 saturated carbocycles. The van der Waals surface area contributed by atoms with Crippen LogP contribution in [0.4, 0.5) is 8.78 Å². The fourth-order valence-electron chi connectivity index (χ4n) is 3.20. The van der Waals surface area contributed by atoms with E-state index in [1.165, 1.54) is 23.0 Å². The highest BCUT2D eigenvalue weighted by atomic mass is 35.5. The zero-order valence-corrected chi connectivity index (χ0v) is 17.2. The van der Waals surface area contributed by atoms with E-state index in [9.17, 15) is 13.6 Å². The van der Waals surface area contributed by atoms with Gasteiger partial charge in [0, 0.05) is 5.56 Å². The van der Waals surface area contributed by atoms with Crippen molar-refractivity contribution in [2.24, 2.45) is 12.8 Å². The summed E-state index contributed by atoms with van der Waals surface area (Å²) in [4.78, 5) is 13.4. The number of halogens is 3. The maximum atomic E-state index is 14.9. The summed E-state index contributed by atoms with van der Waals surface area (Å²) in [7, 11) is 1.58. The lowest BCUT2D eigenvalue weighted by Gasteiger charge is -2.18. The molecule has 1 aromatic heterocycles. The number of tetrazole rings is 1. The minimum atomic E-state index is -0.829. The predicted octanol–water partition coefficient (Wildman–Crippen LogP) is 2.91. The Morgan fingerprint density at radius 1 is 1.23 bits per heavy atom. The number of carbonyl (C=O) groups is 1. The Labute approximate surface area is 178 Å². The molecule has 2 aromatic carbocycles. The predicted molar refractivity (Wildman–Crippen MR) is 110 cm³/mol. The van der Waals surface area contributed by atoms with Crippen molar-refractivity contribution >= 4 is 18.3 Å². The van der Waals surface area contributed by atoms with Gasteiger partial charge in [-0.15, -0.1) is 22.6 Å². The normalized spacial score (nSPS) is 15.2. The van der Waals surface area contributed by atoms with Crippen LogP contribution in [0.25, 0.3) is 22.5 Å². The third kappa shape index (κ3) is 4.03. The van der Waals surface area contributed by atoms with Gasteiger partial charge in [0.25, 0.3) is 0 Å². The lowest BCUT2D eigenvalue weighted by molar-refractivity contribution is -0.123. The SMILES string of the molecule is C[C@@H](NC(=O)C1(N)CC1)c1ccc(-c2cccc(F)c2-c2nnn(C)n2)cc1F.Cl. The van der Waals surface area contributed by atoms with Gasteiger partial charge in [-0.05, 0) is 48.2 Å². The second-order valence-corrected chi connectivity index (χ2v) is 7.35. The second-order valence-electron chi connectivity index (χ2n) is 7.35. The first-order valence-electron chi connectivity index (χ1n) is 9.21. The average molecular weight is 435 g/mol. The third-order valence-electron chi connectivity index (χ3n) is 5.11. The van der Waals surface area contributed by atoms with E-state index in [0.717, 1.165) is 0 Å². The van der Waals surface area contributed by atoms with Crippen molar-refractivity contribution in [2.45, 2.75) is 31.3 Å². The van der Waals surface area contributed by atoms with Crippen LogP contribution in [0.1, 0.15) is 31.4 Å². The highest BCUT2D eigenvalue weighted by Crippen LogP contribution is 2.35. The van der Waals surface area contributed by atoms with Gasteiger partial charge in [-0.25, -0.2) is 8.78 Å². The van der Waals surface area contributed by atoms with E-state index in [1.54, 1.807) is 32.2 Å². The molecule has 1 atom stereocenters. The molecule has 0 radical (unpaired) electrons. The van der Waals surface area contributed by atoms with Crippen LogP contribution in [-0.2, 0) is 11.8 Å². The number of nitrogens with two attached hydrogens (primary N) is 1. The van der Waals surface area contributed by atoms with Gasteiger partial charge < -0.3 is 11.1 Å². The Bertz CT molecular complexity index is 1100. The van der Waals surface area contributed by atoms with Gasteiger partial charge in [0.1, 0.15) is 11.6 Å². The number of benzene rings is 2. The fraction of sp³-hybridized carbons (Fsp3) is 0.300. The van der Waals surface area contributed by atoms with Crippen molar-refractivity contribution in [3.8, 4) is 22.5 Å². The smallest absolute Gasteiger partial charge is 0.240 e. The zero-order valence-electron chi connectivity index (χ0n) is 16.4. The number of aryl methyl sites for hydroxylation is 1. The van der Waals surface area contributed by atoms with Gasteiger partial charge in [-0.3, -0.25) is 4.79 Å². The summed E-state index contributed by atoms with van der Waals surface area (Å²) in [5.41, 5.74) is 6.43. The summed E-state index contributed by atoms with van der Waals surface area (Å²) < 4.78 is 29.4. The lowest BCUT2D eigenvalue weighted by Crippen LogP contribution is -2.43. The van der Waals surface area contributed by atoms with Crippen molar-refractivity contribution in [1.29, 1.82) is 0 Å². The Balaban J connectivity index is 0.00000256. The van der Waals surface area contributed by atoms with Crippen LogP contribution in [-0.4, -0.2) is 31.7 Å². The number of hydrogen-bond acceptors (Lipinski definition) is 5. The molecule has 0 bridgehead atoms. The van der Waals surface area contributed by atoms with Gasteiger partial charge in [-0.1, -0.05) is 24.3 Å². The van der Waals surface area contributed by atoms with Crippen molar-refractivity contribution in [2.75, 3.05) is 0 Å². The van der Waals surface area contributed by atoms with E-state index < -0.39 is 23.2 Å². The first kappa shape index (κ1) is 21.8. The quantitative estimate of drug-likeness (QED) is 0.643. The van der Waals surface area contributed by atoms with Crippen LogP contribution in [0.3, 0.4) is 0 Å². The number of rotatable bonds is 5. The zero-order chi connectivity index (χ0) is 20.8. The van der Waals surface area contributed by atoms with Crippen molar-refractivity contribution in [3.05, 3.63) is 53.6 Å². The maximum Gasteiger partial charge on any atom is 0.240 e. The van der Waals surface area contributed by atoms with Crippen molar-refractivity contribution < 1.29 is 13.6 Å². The van der Waals surface area contributed by atoms with Gasteiger partial charge in [0.05, 0.1) is 24.2 Å². The largest absolute Gasteiger partial charge is 0.348 e. The Kier molecular flexibility index (Phi) is 5.87. The molecule has 30 heavy (non-hydrogen) atoms. The third-order valence-corrected chi connectivity index (χ3v) is 5.11. The molecule has 1 heterocycles. The standard InChI is InChI=1S/C20H20F2N6O.ClH/c1-11(24-19(29)20(23)8-9-20)13-7-6-12(10-16(13)22)14-4-3-5-15(21)17(14)18-25-27-28(2)26-18;/h3-7,10-11H,8-9,23H2,1-2H3,(H,24,29);1H/t11-;/m1./s1. The number of carbonyl (C=O) groups excluding carboxylic acids is 1. The molecular formula is C20H21ClF2N6O. The summed E-state index contributed by atoms with van der Waals surface area (Å²) in [6.07, 6.45) is 1.26. The van der Waals surface area contributed by atoms with Crippen LogP contribution in [0.5, 0.6) is 0 Å². The van der Waals surface area contributed by atoms with Crippen molar-refractivity contribution in [3.63, 3.8) is 0 Å². The van der Waals surface area contributed by atoms with Crippen LogP contribution in [0.15, 0.2) is 36.4 Å². The maximum absolute atomic E-state index is 14.9. The molecule has 1 aliphatic carbocycles. The van der Waals surface area contributed by atoms with Crippen LogP contribution in [0, 0.1) is 11.6 Å². The first-order chi connectivity index (χ1) is 13.8. The summed E-state index contributed by atoms with van der Waals surface area (Å²) in [6, 6.07) is 8.50. The molecule has 0 spiro atoms. The topological polar surface area (TPSA) is 98.7 Å². The molecule has 4 rings (SSSR count). The highest BCUT2D eigenvalue weighted by molar-refractivity contribution is 5.89. The van der Waals surface area contributed by atoms with Gasteiger partial charge in [0.15, 0.2) is 0 Å². The first-order valence-corrected chi connectivity index (χ1v) is 9.21.